The van der Waals surface area contributed by atoms with E-state index in [0.29, 0.717) is 16.0 Å². The molecule has 4 aromatic rings. The van der Waals surface area contributed by atoms with Gasteiger partial charge in [0.25, 0.3) is 0 Å². The highest BCUT2D eigenvalue weighted by atomic mass is 35.5. The van der Waals surface area contributed by atoms with Crippen molar-refractivity contribution < 1.29 is 0 Å². The molecule has 0 amide bonds. The maximum atomic E-state index is 6.36. The molecule has 0 spiro atoms. The molecule has 1 unspecified atom stereocenters. The Kier molecular flexibility index (Phi) is 7.87. The summed E-state index contributed by atoms with van der Waals surface area (Å²) in [5.41, 5.74) is 8.01. The van der Waals surface area contributed by atoms with Gasteiger partial charge in [-0.2, -0.15) is 0 Å². The molecule has 0 bridgehead atoms. The van der Waals surface area contributed by atoms with E-state index in [1.165, 1.54) is 43.2 Å². The second-order valence-electron chi connectivity index (χ2n) is 10.9. The number of benzene rings is 3. The van der Waals surface area contributed by atoms with Crippen molar-refractivity contribution in [1.29, 1.82) is 0 Å². The highest BCUT2D eigenvalue weighted by Crippen LogP contribution is 2.43. The Hall–Kier alpha value is -2.92. The highest BCUT2D eigenvalue weighted by Gasteiger charge is 2.28. The standard InChI is InChI=1S/C33H34Cl2N4/c1-39(26-7-3-2-4-8-26)18-17-22-11-14-25(15-12-22)37-33-36-21-24-19-29(23-13-16-30(34)31(35)20-23)27-9-5-6-10-28(27)32(24)38-33/h5-6,9-16,20-21,26,29H,2-4,7-8,17-19H2,1H3,(H,36,37,38). The van der Waals surface area contributed by atoms with Crippen LogP contribution in [0.4, 0.5) is 11.6 Å². The molecule has 6 rings (SSSR count). The van der Waals surface area contributed by atoms with E-state index in [1.807, 2.05) is 18.3 Å². The van der Waals surface area contributed by atoms with E-state index in [9.17, 15) is 0 Å². The Morgan fingerprint density at radius 3 is 2.51 bits per heavy atom. The molecular formula is C33H34Cl2N4. The molecule has 1 atom stereocenters. The lowest BCUT2D eigenvalue weighted by Gasteiger charge is -2.31. The van der Waals surface area contributed by atoms with Crippen molar-refractivity contribution in [2.45, 2.75) is 56.9 Å². The van der Waals surface area contributed by atoms with Crippen molar-refractivity contribution >= 4 is 34.8 Å². The third kappa shape index (κ3) is 5.84. The van der Waals surface area contributed by atoms with E-state index in [0.717, 1.165) is 53.5 Å². The van der Waals surface area contributed by atoms with Crippen LogP contribution in [-0.2, 0) is 12.8 Å². The van der Waals surface area contributed by atoms with Crippen LogP contribution in [0, 0.1) is 0 Å². The average molecular weight is 558 g/mol. The van der Waals surface area contributed by atoms with Crippen LogP contribution in [0.5, 0.6) is 0 Å². The molecule has 1 N–H and O–H groups in total. The summed E-state index contributed by atoms with van der Waals surface area (Å²) in [5, 5.41) is 4.57. The first-order valence-electron chi connectivity index (χ1n) is 14.0. The minimum Gasteiger partial charge on any atom is -0.324 e. The molecule has 0 saturated heterocycles. The summed E-state index contributed by atoms with van der Waals surface area (Å²) in [5.74, 6) is 0.789. The largest absolute Gasteiger partial charge is 0.324 e. The van der Waals surface area contributed by atoms with Gasteiger partial charge in [0.05, 0.1) is 15.7 Å². The van der Waals surface area contributed by atoms with Crippen LogP contribution in [0.15, 0.2) is 72.9 Å². The maximum Gasteiger partial charge on any atom is 0.227 e. The van der Waals surface area contributed by atoms with Gasteiger partial charge in [-0.15, -0.1) is 0 Å². The number of hydrogen-bond donors (Lipinski definition) is 1. The molecule has 39 heavy (non-hydrogen) atoms. The summed E-state index contributed by atoms with van der Waals surface area (Å²) >= 11 is 12.6. The average Bonchev–Trinajstić information content (AvgIpc) is 2.98. The fraction of sp³-hybridized carbons (Fsp3) is 0.333. The van der Waals surface area contributed by atoms with Gasteiger partial charge in [-0.25, -0.2) is 9.97 Å². The van der Waals surface area contributed by atoms with E-state index in [-0.39, 0.29) is 5.92 Å². The van der Waals surface area contributed by atoms with Crippen molar-refractivity contribution in [3.63, 3.8) is 0 Å². The van der Waals surface area contributed by atoms with Crippen molar-refractivity contribution in [2.24, 2.45) is 0 Å². The van der Waals surface area contributed by atoms with Gasteiger partial charge in [-0.3, -0.25) is 0 Å². The molecule has 0 radical (unpaired) electrons. The van der Waals surface area contributed by atoms with E-state index in [2.05, 4.69) is 76.8 Å². The summed E-state index contributed by atoms with van der Waals surface area (Å²) < 4.78 is 0. The van der Waals surface area contributed by atoms with Crippen LogP contribution in [0.1, 0.15) is 60.3 Å². The number of fused-ring (bicyclic) bond motifs is 3. The first-order chi connectivity index (χ1) is 19.0. The minimum atomic E-state index is 0.176. The third-order valence-corrected chi connectivity index (χ3v) is 9.13. The van der Waals surface area contributed by atoms with Gasteiger partial charge >= 0.3 is 0 Å². The Morgan fingerprint density at radius 2 is 1.72 bits per heavy atom. The third-order valence-electron chi connectivity index (χ3n) is 8.39. The van der Waals surface area contributed by atoms with Crippen LogP contribution in [-0.4, -0.2) is 34.5 Å². The number of halogens is 2. The lowest BCUT2D eigenvalue weighted by Crippen LogP contribution is -2.34. The molecule has 2 aliphatic rings. The quantitative estimate of drug-likeness (QED) is 0.247. The number of nitrogens with one attached hydrogen (secondary N) is 1. The summed E-state index contributed by atoms with van der Waals surface area (Å²) in [4.78, 5) is 12.2. The van der Waals surface area contributed by atoms with Crippen LogP contribution in [0.25, 0.3) is 11.3 Å². The number of likely N-dealkylation sites (N-methyl/N-ethyl adjacent to an activating group) is 1. The molecular weight excluding hydrogens is 523 g/mol. The summed E-state index contributed by atoms with van der Waals surface area (Å²) in [7, 11) is 2.28. The van der Waals surface area contributed by atoms with Crippen LogP contribution < -0.4 is 5.32 Å². The summed E-state index contributed by atoms with van der Waals surface area (Å²) in [6.45, 7) is 1.11. The number of hydrogen-bond acceptors (Lipinski definition) is 4. The second-order valence-corrected chi connectivity index (χ2v) is 11.7. The van der Waals surface area contributed by atoms with E-state index < -0.39 is 0 Å². The number of anilines is 2. The van der Waals surface area contributed by atoms with Crippen molar-refractivity contribution in [2.75, 3.05) is 18.9 Å². The fourth-order valence-corrected chi connectivity index (χ4v) is 6.42. The van der Waals surface area contributed by atoms with Crippen LogP contribution >= 0.6 is 23.2 Å². The van der Waals surface area contributed by atoms with E-state index in [1.54, 1.807) is 0 Å². The molecule has 3 aromatic carbocycles. The molecule has 200 valence electrons. The predicted molar refractivity (Wildman–Crippen MR) is 162 cm³/mol. The Bertz CT molecular complexity index is 1450. The van der Waals surface area contributed by atoms with Crippen molar-refractivity contribution in [3.05, 3.63) is 105 Å². The SMILES string of the molecule is CN(CCc1ccc(Nc2ncc3c(n2)-c2ccccc2C(c2ccc(Cl)c(Cl)c2)C3)cc1)C1CCCCC1. The van der Waals surface area contributed by atoms with Crippen molar-refractivity contribution in [3.8, 4) is 11.3 Å². The van der Waals surface area contributed by atoms with Gasteiger partial charge in [0.15, 0.2) is 0 Å². The summed E-state index contributed by atoms with van der Waals surface area (Å²) in [6, 6.07) is 23.9. The molecule has 1 aromatic heterocycles. The summed E-state index contributed by atoms with van der Waals surface area (Å²) in [6.07, 6.45) is 10.7. The van der Waals surface area contributed by atoms with Gasteiger partial charge in [-0.1, -0.05) is 84.9 Å². The van der Waals surface area contributed by atoms with Crippen LogP contribution in [0.2, 0.25) is 10.0 Å². The van der Waals surface area contributed by atoms with Crippen LogP contribution in [0.3, 0.4) is 0 Å². The van der Waals surface area contributed by atoms with E-state index >= 15 is 0 Å². The smallest absolute Gasteiger partial charge is 0.227 e. The van der Waals surface area contributed by atoms with Gasteiger partial charge < -0.3 is 10.2 Å². The lowest BCUT2D eigenvalue weighted by molar-refractivity contribution is 0.194. The fourth-order valence-electron chi connectivity index (χ4n) is 6.12. The number of nitrogens with zero attached hydrogens (tertiary/aromatic N) is 3. The van der Waals surface area contributed by atoms with E-state index in [4.69, 9.17) is 28.2 Å². The first kappa shape index (κ1) is 26.3. The molecule has 0 aliphatic heterocycles. The Balaban J connectivity index is 1.16. The van der Waals surface area contributed by atoms with Gasteiger partial charge in [0, 0.05) is 36.0 Å². The Morgan fingerprint density at radius 1 is 0.923 bits per heavy atom. The monoisotopic (exact) mass is 556 g/mol. The second kappa shape index (κ2) is 11.7. The van der Waals surface area contributed by atoms with Gasteiger partial charge in [-0.05, 0) is 79.3 Å². The van der Waals surface area contributed by atoms with Gasteiger partial charge in [0.1, 0.15) is 0 Å². The number of aromatic nitrogens is 2. The van der Waals surface area contributed by atoms with Gasteiger partial charge in [0.2, 0.25) is 5.95 Å². The predicted octanol–water partition coefficient (Wildman–Crippen LogP) is 8.69. The highest BCUT2D eigenvalue weighted by molar-refractivity contribution is 6.42. The topological polar surface area (TPSA) is 41.0 Å². The molecule has 1 heterocycles. The normalized spacial score (nSPS) is 17.1. The minimum absolute atomic E-state index is 0.176. The maximum absolute atomic E-state index is 6.36. The zero-order chi connectivity index (χ0) is 26.8. The molecule has 4 nitrogen and oxygen atoms in total. The molecule has 2 aliphatic carbocycles. The lowest BCUT2D eigenvalue weighted by atomic mass is 9.78. The molecule has 6 heteroatoms. The number of rotatable bonds is 7. The molecule has 1 saturated carbocycles. The Labute approximate surface area is 241 Å². The zero-order valence-electron chi connectivity index (χ0n) is 22.3. The first-order valence-corrected chi connectivity index (χ1v) is 14.8. The van der Waals surface area contributed by atoms with Crippen molar-refractivity contribution in [1.82, 2.24) is 14.9 Å². The molecule has 1 fully saturated rings. The zero-order valence-corrected chi connectivity index (χ0v) is 23.8.